The first-order chi connectivity index (χ1) is 9.47. The van der Waals surface area contributed by atoms with Gasteiger partial charge in [0.25, 0.3) is 0 Å². The Morgan fingerprint density at radius 2 is 2.30 bits per heavy atom. The minimum Gasteiger partial charge on any atom is -0.393 e. The monoisotopic (exact) mass is 280 g/mol. The highest BCUT2D eigenvalue weighted by molar-refractivity contribution is 5.90. The van der Waals surface area contributed by atoms with E-state index in [1.807, 2.05) is 0 Å². The third kappa shape index (κ3) is 3.48. The van der Waals surface area contributed by atoms with Crippen LogP contribution >= 0.6 is 0 Å². The van der Waals surface area contributed by atoms with Crippen LogP contribution in [0.4, 0.5) is 14.9 Å². The number of carbonyl (C=O) groups excluding carboxylic acids is 1. The summed E-state index contributed by atoms with van der Waals surface area (Å²) >= 11 is 0. The zero-order valence-corrected chi connectivity index (χ0v) is 11.9. The Bertz CT molecular complexity index is 491. The Balaban J connectivity index is 2.00. The zero-order valence-electron chi connectivity index (χ0n) is 11.9. The van der Waals surface area contributed by atoms with Crippen molar-refractivity contribution in [3.05, 3.63) is 29.6 Å². The van der Waals surface area contributed by atoms with Gasteiger partial charge in [-0.1, -0.05) is 0 Å². The third-order valence-corrected chi connectivity index (χ3v) is 3.86. The zero-order chi connectivity index (χ0) is 14.7. The molecule has 2 atom stereocenters. The molecule has 4 nitrogen and oxygen atoms in total. The van der Waals surface area contributed by atoms with Gasteiger partial charge in [0.1, 0.15) is 5.82 Å². The second-order valence-electron chi connectivity index (χ2n) is 5.48. The predicted octanol–water partition coefficient (Wildman–Crippen LogP) is 2.76. The molecule has 1 aromatic rings. The van der Waals surface area contributed by atoms with Crippen molar-refractivity contribution in [1.29, 1.82) is 0 Å². The molecule has 1 heterocycles. The molecule has 0 aromatic heterocycles. The molecule has 2 N–H and O–H groups in total. The van der Waals surface area contributed by atoms with Gasteiger partial charge in [0.2, 0.25) is 0 Å². The topological polar surface area (TPSA) is 52.6 Å². The fourth-order valence-electron chi connectivity index (χ4n) is 2.55. The fraction of sp³-hybridized carbons (Fsp3) is 0.533. The molecule has 0 spiro atoms. The van der Waals surface area contributed by atoms with E-state index in [9.17, 15) is 14.3 Å². The van der Waals surface area contributed by atoms with Gasteiger partial charge in [0.05, 0.1) is 6.10 Å². The minimum absolute atomic E-state index is 0.129. The van der Waals surface area contributed by atoms with Crippen LogP contribution in [0.15, 0.2) is 18.2 Å². The molecular weight excluding hydrogens is 259 g/mol. The summed E-state index contributed by atoms with van der Waals surface area (Å²) in [4.78, 5) is 13.9. The third-order valence-electron chi connectivity index (χ3n) is 3.86. The molecular formula is C15H21FN2O2. The first-order valence-corrected chi connectivity index (χ1v) is 6.97. The van der Waals surface area contributed by atoms with E-state index < -0.39 is 6.10 Å². The minimum atomic E-state index is -0.404. The van der Waals surface area contributed by atoms with Gasteiger partial charge in [-0.05, 0) is 50.5 Å². The molecule has 1 aliphatic heterocycles. The molecule has 1 saturated heterocycles. The van der Waals surface area contributed by atoms with Gasteiger partial charge in [0, 0.05) is 24.7 Å². The molecule has 5 heteroatoms. The molecule has 2 unspecified atom stereocenters. The largest absolute Gasteiger partial charge is 0.393 e. The maximum Gasteiger partial charge on any atom is 0.321 e. The average molecular weight is 280 g/mol. The summed E-state index contributed by atoms with van der Waals surface area (Å²) in [6, 6.07) is 4.10. The first kappa shape index (κ1) is 14.8. The molecule has 0 saturated carbocycles. The van der Waals surface area contributed by atoms with Crippen molar-refractivity contribution in [1.82, 2.24) is 4.90 Å². The molecule has 2 amide bonds. The molecule has 1 fully saturated rings. The van der Waals surface area contributed by atoms with Crippen molar-refractivity contribution in [2.24, 2.45) is 5.92 Å². The first-order valence-electron chi connectivity index (χ1n) is 6.97. The number of amides is 2. The Labute approximate surface area is 118 Å². The molecule has 110 valence electrons. The van der Waals surface area contributed by atoms with Crippen molar-refractivity contribution in [2.45, 2.75) is 32.8 Å². The highest BCUT2D eigenvalue weighted by Gasteiger charge is 2.26. The van der Waals surface area contributed by atoms with E-state index in [1.54, 1.807) is 24.8 Å². The number of piperidine rings is 1. The number of rotatable bonds is 2. The average Bonchev–Trinajstić information content (AvgIpc) is 2.42. The van der Waals surface area contributed by atoms with Crippen molar-refractivity contribution >= 4 is 11.7 Å². The lowest BCUT2D eigenvalue weighted by Gasteiger charge is -2.34. The fourth-order valence-corrected chi connectivity index (χ4v) is 2.55. The number of carbonyl (C=O) groups is 1. The predicted molar refractivity (Wildman–Crippen MR) is 76.1 cm³/mol. The molecule has 2 rings (SSSR count). The number of halogens is 1. The van der Waals surface area contributed by atoms with E-state index in [2.05, 4.69) is 5.32 Å². The Kier molecular flexibility index (Phi) is 4.60. The number of aliphatic hydroxyl groups is 1. The number of hydrogen-bond acceptors (Lipinski definition) is 2. The normalized spacial score (nSPS) is 20.6. The van der Waals surface area contributed by atoms with E-state index >= 15 is 0 Å². The SMILES string of the molecule is Cc1cc(F)ccc1NC(=O)N1CCCC(C(C)O)C1. The van der Waals surface area contributed by atoms with Gasteiger partial charge in [0.15, 0.2) is 0 Å². The summed E-state index contributed by atoms with van der Waals surface area (Å²) in [5.74, 6) is -0.184. The summed E-state index contributed by atoms with van der Waals surface area (Å²) in [7, 11) is 0. The second kappa shape index (κ2) is 6.22. The second-order valence-corrected chi connectivity index (χ2v) is 5.48. The van der Waals surface area contributed by atoms with Gasteiger partial charge in [-0.3, -0.25) is 0 Å². The Morgan fingerprint density at radius 3 is 2.95 bits per heavy atom. The van der Waals surface area contributed by atoms with Crippen molar-refractivity contribution in [2.75, 3.05) is 18.4 Å². The summed E-state index contributed by atoms with van der Waals surface area (Å²) in [5.41, 5.74) is 1.32. The lowest BCUT2D eigenvalue weighted by atomic mass is 9.94. The molecule has 0 radical (unpaired) electrons. The van der Waals surface area contributed by atoms with Crippen molar-refractivity contribution in [3.63, 3.8) is 0 Å². The van der Waals surface area contributed by atoms with Crippen LogP contribution in [0.25, 0.3) is 0 Å². The van der Waals surface area contributed by atoms with Crippen molar-refractivity contribution < 1.29 is 14.3 Å². The summed E-state index contributed by atoms with van der Waals surface area (Å²) in [5, 5.41) is 12.4. The van der Waals surface area contributed by atoms with Crippen LogP contribution < -0.4 is 5.32 Å². The summed E-state index contributed by atoms with van der Waals surface area (Å²) in [6.07, 6.45) is 1.43. The number of anilines is 1. The van der Waals surface area contributed by atoms with Gasteiger partial charge in [-0.15, -0.1) is 0 Å². The van der Waals surface area contributed by atoms with E-state index in [1.165, 1.54) is 12.1 Å². The molecule has 0 bridgehead atoms. The Morgan fingerprint density at radius 1 is 1.55 bits per heavy atom. The quantitative estimate of drug-likeness (QED) is 0.875. The summed E-state index contributed by atoms with van der Waals surface area (Å²) < 4.78 is 13.0. The van der Waals surface area contributed by atoms with Gasteiger partial charge < -0.3 is 15.3 Å². The van der Waals surface area contributed by atoms with E-state index in [4.69, 9.17) is 0 Å². The number of urea groups is 1. The number of aliphatic hydroxyl groups excluding tert-OH is 1. The highest BCUT2D eigenvalue weighted by Crippen LogP contribution is 2.21. The lowest BCUT2D eigenvalue weighted by Crippen LogP contribution is -2.44. The number of nitrogens with zero attached hydrogens (tertiary/aromatic N) is 1. The van der Waals surface area contributed by atoms with Gasteiger partial charge in [-0.2, -0.15) is 0 Å². The van der Waals surface area contributed by atoms with E-state index in [0.29, 0.717) is 24.3 Å². The number of aryl methyl sites for hydroxylation is 1. The van der Waals surface area contributed by atoms with Gasteiger partial charge in [-0.25, -0.2) is 9.18 Å². The number of likely N-dealkylation sites (tertiary alicyclic amines) is 1. The number of benzene rings is 1. The smallest absolute Gasteiger partial charge is 0.321 e. The van der Waals surface area contributed by atoms with Crippen LogP contribution in [0.5, 0.6) is 0 Å². The molecule has 0 aliphatic carbocycles. The maximum absolute atomic E-state index is 13.0. The van der Waals surface area contributed by atoms with Crippen LogP contribution in [0.2, 0.25) is 0 Å². The van der Waals surface area contributed by atoms with Crippen LogP contribution in [-0.2, 0) is 0 Å². The standard InChI is InChI=1S/C15H21FN2O2/c1-10-8-13(16)5-6-14(10)17-15(20)18-7-3-4-12(9-18)11(2)19/h5-6,8,11-12,19H,3-4,7,9H2,1-2H3,(H,17,20). The molecule has 20 heavy (non-hydrogen) atoms. The van der Waals surface area contributed by atoms with Crippen LogP contribution in [0.3, 0.4) is 0 Å². The summed E-state index contributed by atoms with van der Waals surface area (Å²) in [6.45, 7) is 4.77. The van der Waals surface area contributed by atoms with Crippen LogP contribution in [0.1, 0.15) is 25.3 Å². The van der Waals surface area contributed by atoms with E-state index in [-0.39, 0.29) is 17.8 Å². The molecule has 1 aromatic carbocycles. The lowest BCUT2D eigenvalue weighted by molar-refractivity contribution is 0.0766. The van der Waals surface area contributed by atoms with Crippen molar-refractivity contribution in [3.8, 4) is 0 Å². The highest BCUT2D eigenvalue weighted by atomic mass is 19.1. The molecule has 1 aliphatic rings. The van der Waals surface area contributed by atoms with Gasteiger partial charge >= 0.3 is 6.03 Å². The number of nitrogens with one attached hydrogen (secondary N) is 1. The van der Waals surface area contributed by atoms with E-state index in [0.717, 1.165) is 12.8 Å². The van der Waals surface area contributed by atoms with Crippen LogP contribution in [-0.4, -0.2) is 35.2 Å². The van der Waals surface area contributed by atoms with Crippen LogP contribution in [0, 0.1) is 18.7 Å². The number of hydrogen-bond donors (Lipinski definition) is 2. The maximum atomic E-state index is 13.0. The Hall–Kier alpha value is -1.62.